The first-order chi connectivity index (χ1) is 9.10. The van der Waals surface area contributed by atoms with Gasteiger partial charge in [-0.15, -0.1) is 11.8 Å². The number of rotatable bonds is 4. The van der Waals surface area contributed by atoms with E-state index in [1.807, 2.05) is 24.5 Å². The van der Waals surface area contributed by atoms with Crippen molar-refractivity contribution in [3.05, 3.63) is 47.9 Å². The van der Waals surface area contributed by atoms with Crippen LogP contribution in [0.15, 0.2) is 41.4 Å². The summed E-state index contributed by atoms with van der Waals surface area (Å²) in [5, 5.41) is 11.9. The lowest BCUT2D eigenvalue weighted by Gasteiger charge is -2.09. The number of pyridine rings is 1. The van der Waals surface area contributed by atoms with Crippen LogP contribution in [-0.4, -0.2) is 22.3 Å². The molecule has 0 aliphatic heterocycles. The Kier molecular flexibility index (Phi) is 4.01. The number of anilines is 2. The third-order valence-electron chi connectivity index (χ3n) is 2.42. The maximum Gasteiger partial charge on any atom is 0.339 e. The van der Waals surface area contributed by atoms with Crippen molar-refractivity contribution in [2.45, 2.75) is 4.90 Å². The van der Waals surface area contributed by atoms with Gasteiger partial charge in [0, 0.05) is 10.6 Å². The fraction of sp³-hybridized carbons (Fsp3) is 0.0769. The van der Waals surface area contributed by atoms with Gasteiger partial charge in [0.25, 0.3) is 0 Å². The molecule has 0 radical (unpaired) electrons. The predicted molar refractivity (Wildman–Crippen MR) is 72.7 cm³/mol. The lowest BCUT2D eigenvalue weighted by molar-refractivity contribution is 0.0697. The molecule has 0 aliphatic carbocycles. The van der Waals surface area contributed by atoms with Crippen LogP contribution in [0.4, 0.5) is 15.9 Å². The number of carboxylic acid groups (broad SMARTS) is 1. The number of aromatic nitrogens is 1. The van der Waals surface area contributed by atoms with Gasteiger partial charge in [-0.25, -0.2) is 14.2 Å². The summed E-state index contributed by atoms with van der Waals surface area (Å²) in [7, 11) is 0. The third kappa shape index (κ3) is 3.23. The van der Waals surface area contributed by atoms with E-state index in [4.69, 9.17) is 5.11 Å². The van der Waals surface area contributed by atoms with Crippen LogP contribution < -0.4 is 5.32 Å². The van der Waals surface area contributed by atoms with Gasteiger partial charge in [0.05, 0.1) is 6.20 Å². The van der Waals surface area contributed by atoms with Crippen molar-refractivity contribution in [2.75, 3.05) is 11.6 Å². The molecule has 0 saturated carbocycles. The van der Waals surface area contributed by atoms with Crippen LogP contribution in [0.2, 0.25) is 0 Å². The molecule has 6 heteroatoms. The number of hydrogen-bond acceptors (Lipinski definition) is 4. The molecule has 1 aromatic carbocycles. The van der Waals surface area contributed by atoms with Crippen molar-refractivity contribution in [1.82, 2.24) is 4.98 Å². The van der Waals surface area contributed by atoms with E-state index in [-0.39, 0.29) is 11.4 Å². The van der Waals surface area contributed by atoms with Crippen LogP contribution in [0, 0.1) is 5.82 Å². The molecule has 0 saturated heterocycles. The molecular weight excluding hydrogens is 267 g/mol. The smallest absolute Gasteiger partial charge is 0.339 e. The monoisotopic (exact) mass is 278 g/mol. The molecule has 0 atom stereocenters. The second-order valence-corrected chi connectivity index (χ2v) is 4.59. The first-order valence-corrected chi connectivity index (χ1v) is 6.62. The minimum Gasteiger partial charge on any atom is -0.478 e. The number of hydrogen-bond donors (Lipinski definition) is 2. The van der Waals surface area contributed by atoms with Crippen LogP contribution in [0.5, 0.6) is 0 Å². The first kappa shape index (κ1) is 13.4. The van der Waals surface area contributed by atoms with Gasteiger partial charge >= 0.3 is 5.97 Å². The number of carboxylic acids is 1. The number of carbonyl (C=O) groups is 1. The number of halogens is 1. The molecule has 19 heavy (non-hydrogen) atoms. The van der Waals surface area contributed by atoms with Gasteiger partial charge in [-0.05, 0) is 30.5 Å². The second-order valence-electron chi connectivity index (χ2n) is 3.71. The molecular formula is C13H11FN2O2S. The van der Waals surface area contributed by atoms with Crippen molar-refractivity contribution < 1.29 is 14.3 Å². The average molecular weight is 278 g/mol. The van der Waals surface area contributed by atoms with Gasteiger partial charge < -0.3 is 10.4 Å². The van der Waals surface area contributed by atoms with Gasteiger partial charge in [0.1, 0.15) is 17.2 Å². The van der Waals surface area contributed by atoms with Crippen LogP contribution in [0.25, 0.3) is 0 Å². The molecule has 1 heterocycles. The fourth-order valence-corrected chi connectivity index (χ4v) is 2.00. The Morgan fingerprint density at radius 2 is 2.21 bits per heavy atom. The molecule has 2 aromatic rings. The summed E-state index contributed by atoms with van der Waals surface area (Å²) in [6.45, 7) is 0. The van der Waals surface area contributed by atoms with Crippen molar-refractivity contribution in [1.29, 1.82) is 0 Å². The van der Waals surface area contributed by atoms with Crippen LogP contribution in [-0.2, 0) is 0 Å². The maximum atomic E-state index is 13.0. The Morgan fingerprint density at radius 3 is 2.89 bits per heavy atom. The SMILES string of the molecule is CSc1cccc(Nc2ncc(F)cc2C(=O)O)c1. The molecule has 0 fully saturated rings. The van der Waals surface area contributed by atoms with Gasteiger partial charge in [-0.3, -0.25) is 0 Å². The highest BCUT2D eigenvalue weighted by Gasteiger charge is 2.13. The topological polar surface area (TPSA) is 62.2 Å². The molecule has 0 aliphatic rings. The number of aromatic carboxylic acids is 1. The van der Waals surface area contributed by atoms with Crippen molar-refractivity contribution in [3.63, 3.8) is 0 Å². The number of thioether (sulfide) groups is 1. The first-order valence-electron chi connectivity index (χ1n) is 5.40. The summed E-state index contributed by atoms with van der Waals surface area (Å²) in [5.74, 6) is -1.79. The Morgan fingerprint density at radius 1 is 1.42 bits per heavy atom. The minimum absolute atomic E-state index is 0.118. The number of nitrogens with one attached hydrogen (secondary N) is 1. The lowest BCUT2D eigenvalue weighted by atomic mass is 10.2. The summed E-state index contributed by atoms with van der Waals surface area (Å²) in [6, 6.07) is 8.37. The summed E-state index contributed by atoms with van der Waals surface area (Å²) < 4.78 is 13.0. The minimum atomic E-state index is -1.23. The molecule has 2 N–H and O–H groups in total. The highest BCUT2D eigenvalue weighted by atomic mass is 32.2. The Hall–Kier alpha value is -2.08. The van der Waals surface area contributed by atoms with Crippen LogP contribution in [0.3, 0.4) is 0 Å². The zero-order valence-corrected chi connectivity index (χ0v) is 10.9. The van der Waals surface area contributed by atoms with E-state index < -0.39 is 11.8 Å². The number of nitrogens with zero attached hydrogens (tertiary/aromatic N) is 1. The lowest BCUT2D eigenvalue weighted by Crippen LogP contribution is -2.05. The molecule has 2 rings (SSSR count). The fourth-order valence-electron chi connectivity index (χ4n) is 1.54. The zero-order chi connectivity index (χ0) is 13.8. The van der Waals surface area contributed by atoms with Gasteiger partial charge in [0.2, 0.25) is 0 Å². The highest BCUT2D eigenvalue weighted by molar-refractivity contribution is 7.98. The van der Waals surface area contributed by atoms with Gasteiger partial charge in [0.15, 0.2) is 0 Å². The molecule has 4 nitrogen and oxygen atoms in total. The normalized spacial score (nSPS) is 10.2. The van der Waals surface area contributed by atoms with E-state index in [2.05, 4.69) is 10.3 Å². The van der Waals surface area contributed by atoms with Crippen molar-refractivity contribution >= 4 is 29.2 Å². The van der Waals surface area contributed by atoms with Gasteiger partial charge in [-0.1, -0.05) is 6.07 Å². The Bertz CT molecular complexity index is 619. The van der Waals surface area contributed by atoms with E-state index in [1.165, 1.54) is 0 Å². The standard InChI is InChI=1S/C13H11FN2O2S/c1-19-10-4-2-3-9(6-10)16-12-11(13(17)18)5-8(14)7-15-12/h2-7H,1H3,(H,15,16)(H,17,18). The molecule has 0 unspecified atom stereocenters. The Balaban J connectivity index is 2.34. The van der Waals surface area contributed by atoms with E-state index >= 15 is 0 Å². The van der Waals surface area contributed by atoms with E-state index in [0.29, 0.717) is 5.69 Å². The zero-order valence-electron chi connectivity index (χ0n) is 10.1. The molecule has 0 amide bonds. The van der Waals surface area contributed by atoms with E-state index in [0.717, 1.165) is 17.2 Å². The number of benzene rings is 1. The summed E-state index contributed by atoms with van der Waals surface area (Å²) in [5.41, 5.74) is 0.503. The van der Waals surface area contributed by atoms with E-state index in [9.17, 15) is 9.18 Å². The molecule has 0 spiro atoms. The molecule has 1 aromatic heterocycles. The molecule has 0 bridgehead atoms. The summed E-state index contributed by atoms with van der Waals surface area (Å²) >= 11 is 1.57. The second kappa shape index (κ2) is 5.71. The Labute approximate surface area is 113 Å². The van der Waals surface area contributed by atoms with Gasteiger partial charge in [-0.2, -0.15) is 0 Å². The summed E-state index contributed by atoms with van der Waals surface area (Å²) in [4.78, 5) is 15.8. The van der Waals surface area contributed by atoms with Crippen molar-refractivity contribution in [3.8, 4) is 0 Å². The van der Waals surface area contributed by atoms with Crippen LogP contribution >= 0.6 is 11.8 Å². The van der Waals surface area contributed by atoms with E-state index in [1.54, 1.807) is 17.8 Å². The quantitative estimate of drug-likeness (QED) is 0.839. The average Bonchev–Trinajstić information content (AvgIpc) is 2.41. The van der Waals surface area contributed by atoms with Crippen molar-refractivity contribution in [2.24, 2.45) is 0 Å². The largest absolute Gasteiger partial charge is 0.478 e. The van der Waals surface area contributed by atoms with Crippen LogP contribution in [0.1, 0.15) is 10.4 Å². The third-order valence-corrected chi connectivity index (χ3v) is 3.14. The molecule has 98 valence electrons. The highest BCUT2D eigenvalue weighted by Crippen LogP contribution is 2.23. The summed E-state index contributed by atoms with van der Waals surface area (Å²) in [6.07, 6.45) is 2.92. The maximum absolute atomic E-state index is 13.0. The predicted octanol–water partition coefficient (Wildman–Crippen LogP) is 3.38.